The molecule has 1 aromatic rings. The molecule has 1 amide bonds. The van der Waals surface area contributed by atoms with Crippen molar-refractivity contribution in [3.05, 3.63) is 29.3 Å². The monoisotopic (exact) mass is 324 g/mol. The van der Waals surface area contributed by atoms with E-state index in [1.807, 2.05) is 30.1 Å². The van der Waals surface area contributed by atoms with E-state index in [4.69, 9.17) is 16.3 Å². The number of halogens is 1. The molecule has 22 heavy (non-hydrogen) atoms. The second kappa shape index (κ2) is 9.01. The third kappa shape index (κ3) is 5.18. The number of amides is 1. The lowest BCUT2D eigenvalue weighted by atomic mass is 9.97. The molecule has 2 rings (SSSR count). The number of hydrogen-bond acceptors (Lipinski definition) is 3. The second-order valence-electron chi connectivity index (χ2n) is 5.79. The number of nitrogens with one attached hydrogen (secondary N) is 1. The van der Waals surface area contributed by atoms with Crippen LogP contribution in [0.15, 0.2) is 24.3 Å². The minimum absolute atomic E-state index is 0.239. The lowest BCUT2D eigenvalue weighted by molar-refractivity contribution is -0.133. The van der Waals surface area contributed by atoms with E-state index in [1.165, 1.54) is 6.42 Å². The first-order valence-corrected chi connectivity index (χ1v) is 8.38. The van der Waals surface area contributed by atoms with Crippen LogP contribution in [-0.2, 0) is 4.79 Å². The lowest BCUT2D eigenvalue weighted by Crippen LogP contribution is -2.42. The quantitative estimate of drug-likeness (QED) is 0.784. The van der Waals surface area contributed by atoms with E-state index in [9.17, 15) is 4.79 Å². The van der Waals surface area contributed by atoms with E-state index >= 15 is 0 Å². The number of carbonyl (C=O) groups is 1. The summed E-state index contributed by atoms with van der Waals surface area (Å²) in [7, 11) is 1.97. The van der Waals surface area contributed by atoms with Crippen molar-refractivity contribution >= 4 is 17.5 Å². The van der Waals surface area contributed by atoms with Crippen molar-refractivity contribution in [3.63, 3.8) is 0 Å². The summed E-state index contributed by atoms with van der Waals surface area (Å²) in [5, 5.41) is 3.81. The molecule has 0 unspecified atom stereocenters. The van der Waals surface area contributed by atoms with E-state index in [1.54, 1.807) is 6.07 Å². The third-order valence-corrected chi connectivity index (χ3v) is 4.31. The number of likely N-dealkylation sites (tertiary alicyclic amines) is 1. The Labute approximate surface area is 137 Å². The maximum absolute atomic E-state index is 12.3. The Balaban J connectivity index is 1.68. The van der Waals surface area contributed by atoms with Gasteiger partial charge in [0.15, 0.2) is 0 Å². The van der Waals surface area contributed by atoms with Crippen LogP contribution < -0.4 is 10.1 Å². The number of ether oxygens (including phenoxy) is 1. The number of nitrogens with zero attached hydrogens (tertiary/aromatic N) is 1. The number of benzene rings is 1. The fraction of sp³-hybridized carbons (Fsp3) is 0.588. The Morgan fingerprint density at radius 1 is 1.45 bits per heavy atom. The lowest BCUT2D eigenvalue weighted by Gasteiger charge is -2.32. The Morgan fingerprint density at radius 2 is 2.27 bits per heavy atom. The van der Waals surface area contributed by atoms with E-state index in [0.29, 0.717) is 29.7 Å². The largest absolute Gasteiger partial charge is 0.492 e. The van der Waals surface area contributed by atoms with Crippen molar-refractivity contribution in [2.24, 2.45) is 5.92 Å². The smallest absolute Gasteiger partial charge is 0.222 e. The Morgan fingerprint density at radius 3 is 3.05 bits per heavy atom. The van der Waals surface area contributed by atoms with E-state index in [0.717, 1.165) is 32.5 Å². The van der Waals surface area contributed by atoms with Gasteiger partial charge in [-0.2, -0.15) is 0 Å². The van der Waals surface area contributed by atoms with Crippen LogP contribution in [-0.4, -0.2) is 44.1 Å². The fourth-order valence-electron chi connectivity index (χ4n) is 2.87. The molecule has 122 valence electrons. The minimum atomic E-state index is 0.239. The maximum atomic E-state index is 12.3. The standard InChI is InChI=1S/C17H25ClN2O2/c1-19-12-14-6-4-10-20(13-14)17(21)9-5-11-22-16-8-3-2-7-15(16)18/h2-3,7-8,14,19H,4-6,9-13H2,1H3/t14-/m0/s1. The van der Waals surface area contributed by atoms with Crippen molar-refractivity contribution in [1.29, 1.82) is 0 Å². The highest BCUT2D eigenvalue weighted by atomic mass is 35.5. The van der Waals surface area contributed by atoms with Gasteiger partial charge in [0.2, 0.25) is 5.91 Å². The van der Waals surface area contributed by atoms with Crippen molar-refractivity contribution < 1.29 is 9.53 Å². The molecular weight excluding hydrogens is 300 g/mol. The average molecular weight is 325 g/mol. The number of carbonyl (C=O) groups excluding carboxylic acids is 1. The molecule has 0 aromatic heterocycles. The highest BCUT2D eigenvalue weighted by Crippen LogP contribution is 2.23. The van der Waals surface area contributed by atoms with Gasteiger partial charge in [0.05, 0.1) is 11.6 Å². The molecule has 1 fully saturated rings. The Bertz CT molecular complexity index is 479. The summed E-state index contributed by atoms with van der Waals surface area (Å²) in [4.78, 5) is 14.3. The van der Waals surface area contributed by atoms with E-state index < -0.39 is 0 Å². The molecule has 0 aliphatic carbocycles. The molecule has 0 radical (unpaired) electrons. The van der Waals surface area contributed by atoms with Crippen molar-refractivity contribution in [2.45, 2.75) is 25.7 Å². The highest BCUT2D eigenvalue weighted by molar-refractivity contribution is 6.32. The molecule has 4 nitrogen and oxygen atoms in total. The Kier molecular flexibility index (Phi) is 7.00. The molecule has 0 saturated carbocycles. The molecule has 1 aliphatic rings. The van der Waals surface area contributed by atoms with E-state index in [2.05, 4.69) is 5.32 Å². The predicted molar refractivity (Wildman–Crippen MR) is 89.4 cm³/mol. The molecule has 1 atom stereocenters. The van der Waals surface area contributed by atoms with Gasteiger partial charge in [0.1, 0.15) is 5.75 Å². The first-order valence-electron chi connectivity index (χ1n) is 8.00. The number of para-hydroxylation sites is 1. The third-order valence-electron chi connectivity index (χ3n) is 3.99. The molecular formula is C17H25ClN2O2. The normalized spacial score (nSPS) is 18.3. The zero-order valence-electron chi connectivity index (χ0n) is 13.2. The van der Waals surface area contributed by atoms with Crippen molar-refractivity contribution in [3.8, 4) is 5.75 Å². The van der Waals surface area contributed by atoms with Gasteiger partial charge in [-0.1, -0.05) is 23.7 Å². The van der Waals surface area contributed by atoms with Crippen molar-refractivity contribution in [1.82, 2.24) is 10.2 Å². The summed E-state index contributed by atoms with van der Waals surface area (Å²) in [6.07, 6.45) is 3.57. The van der Waals surface area contributed by atoms with Gasteiger partial charge in [0, 0.05) is 19.5 Å². The number of piperidine rings is 1. The van der Waals surface area contributed by atoms with Crippen LogP contribution in [0.2, 0.25) is 5.02 Å². The zero-order valence-corrected chi connectivity index (χ0v) is 13.9. The van der Waals surface area contributed by atoms with Gasteiger partial charge < -0.3 is 15.0 Å². The summed E-state index contributed by atoms with van der Waals surface area (Å²) in [5.74, 6) is 1.51. The summed E-state index contributed by atoms with van der Waals surface area (Å²) in [5.41, 5.74) is 0. The number of hydrogen-bond donors (Lipinski definition) is 1. The van der Waals surface area contributed by atoms with Gasteiger partial charge in [-0.3, -0.25) is 4.79 Å². The van der Waals surface area contributed by atoms with Gasteiger partial charge in [0.25, 0.3) is 0 Å². The topological polar surface area (TPSA) is 41.6 Å². The van der Waals surface area contributed by atoms with Crippen LogP contribution in [0.5, 0.6) is 5.75 Å². The van der Waals surface area contributed by atoms with Crippen LogP contribution in [0.25, 0.3) is 0 Å². The summed E-state index contributed by atoms with van der Waals surface area (Å²) in [6.45, 7) is 3.28. The first-order chi connectivity index (χ1) is 10.7. The molecule has 1 aliphatic heterocycles. The zero-order chi connectivity index (χ0) is 15.8. The number of rotatable bonds is 7. The van der Waals surface area contributed by atoms with Crippen LogP contribution in [0, 0.1) is 5.92 Å². The van der Waals surface area contributed by atoms with Crippen LogP contribution in [0.4, 0.5) is 0 Å². The van der Waals surface area contributed by atoms with Crippen LogP contribution in [0.1, 0.15) is 25.7 Å². The molecule has 5 heteroatoms. The summed E-state index contributed by atoms with van der Waals surface area (Å²) >= 11 is 6.03. The fourth-order valence-corrected chi connectivity index (χ4v) is 3.06. The molecule has 1 aromatic carbocycles. The maximum Gasteiger partial charge on any atom is 0.222 e. The molecule has 0 spiro atoms. The predicted octanol–water partition coefficient (Wildman–Crippen LogP) is 2.96. The molecule has 0 bridgehead atoms. The summed E-state index contributed by atoms with van der Waals surface area (Å²) in [6, 6.07) is 7.41. The van der Waals surface area contributed by atoms with Gasteiger partial charge in [-0.15, -0.1) is 0 Å². The highest BCUT2D eigenvalue weighted by Gasteiger charge is 2.22. The SMILES string of the molecule is CNC[C@@H]1CCCN(C(=O)CCCOc2ccccc2Cl)C1. The van der Waals surface area contributed by atoms with Gasteiger partial charge >= 0.3 is 0 Å². The van der Waals surface area contributed by atoms with Crippen LogP contribution >= 0.6 is 11.6 Å². The Hall–Kier alpha value is -1.26. The molecule has 1 heterocycles. The average Bonchev–Trinajstić information content (AvgIpc) is 2.53. The minimum Gasteiger partial charge on any atom is -0.492 e. The second-order valence-corrected chi connectivity index (χ2v) is 6.20. The van der Waals surface area contributed by atoms with Gasteiger partial charge in [-0.05, 0) is 50.9 Å². The van der Waals surface area contributed by atoms with Crippen LogP contribution in [0.3, 0.4) is 0 Å². The first kappa shape index (κ1) is 17.1. The van der Waals surface area contributed by atoms with Crippen molar-refractivity contribution in [2.75, 3.05) is 33.3 Å². The van der Waals surface area contributed by atoms with Gasteiger partial charge in [-0.25, -0.2) is 0 Å². The molecule has 1 N–H and O–H groups in total. The summed E-state index contributed by atoms with van der Waals surface area (Å²) < 4.78 is 5.62. The van der Waals surface area contributed by atoms with E-state index in [-0.39, 0.29) is 5.91 Å². The molecule has 1 saturated heterocycles.